The highest BCUT2D eigenvalue weighted by atomic mass is 16.5. The second-order valence-electron chi connectivity index (χ2n) is 6.27. The van der Waals surface area contributed by atoms with E-state index < -0.39 is 0 Å². The SMILES string of the molecule is CCCC(CCO)CN=C(NCC)NCCCc1ccc(OC)cc1. The van der Waals surface area contributed by atoms with Crippen LogP contribution in [0.4, 0.5) is 0 Å². The standard InChI is InChI=1S/C20H35N3O2/c1-4-7-18(13-15-24)16-23-20(21-5-2)22-14-6-8-17-9-11-19(25-3)12-10-17/h9-12,18,24H,4-8,13-16H2,1-3H3,(H2,21,22,23). The Balaban J connectivity index is 2.38. The Bertz CT molecular complexity index is 468. The maximum atomic E-state index is 9.16. The highest BCUT2D eigenvalue weighted by molar-refractivity contribution is 5.79. The Morgan fingerprint density at radius 3 is 2.52 bits per heavy atom. The van der Waals surface area contributed by atoms with Crippen LogP contribution in [0.25, 0.3) is 0 Å². The molecule has 1 unspecified atom stereocenters. The fraction of sp³-hybridized carbons (Fsp3) is 0.650. The topological polar surface area (TPSA) is 65.9 Å². The molecule has 0 bridgehead atoms. The van der Waals surface area contributed by atoms with Gasteiger partial charge in [0, 0.05) is 26.2 Å². The minimum Gasteiger partial charge on any atom is -0.497 e. The summed E-state index contributed by atoms with van der Waals surface area (Å²) < 4.78 is 5.18. The molecule has 1 aromatic rings. The zero-order chi connectivity index (χ0) is 18.3. The number of nitrogens with one attached hydrogen (secondary N) is 2. The van der Waals surface area contributed by atoms with Gasteiger partial charge in [-0.15, -0.1) is 0 Å². The van der Waals surface area contributed by atoms with Crippen LogP contribution in [-0.4, -0.2) is 44.4 Å². The molecule has 0 fully saturated rings. The summed E-state index contributed by atoms with van der Waals surface area (Å²) in [5.41, 5.74) is 1.32. The summed E-state index contributed by atoms with van der Waals surface area (Å²) in [6.07, 6.45) is 5.15. The number of rotatable bonds is 12. The Kier molecular flexibility index (Phi) is 11.5. The minimum atomic E-state index is 0.242. The van der Waals surface area contributed by atoms with Gasteiger partial charge in [0.2, 0.25) is 0 Å². The van der Waals surface area contributed by atoms with Crippen LogP contribution in [0.1, 0.15) is 45.1 Å². The molecule has 0 saturated heterocycles. The highest BCUT2D eigenvalue weighted by Crippen LogP contribution is 2.12. The molecule has 1 rings (SSSR count). The summed E-state index contributed by atoms with van der Waals surface area (Å²) in [5.74, 6) is 2.23. The molecule has 0 heterocycles. The molecule has 0 aromatic heterocycles. The first kappa shape index (κ1) is 21.3. The number of aliphatic hydroxyl groups is 1. The third kappa shape index (κ3) is 9.34. The van der Waals surface area contributed by atoms with Crippen molar-refractivity contribution < 1.29 is 9.84 Å². The van der Waals surface area contributed by atoms with Crippen LogP contribution < -0.4 is 15.4 Å². The number of methoxy groups -OCH3 is 1. The number of hydrogen-bond acceptors (Lipinski definition) is 3. The van der Waals surface area contributed by atoms with Gasteiger partial charge in [0.05, 0.1) is 7.11 Å². The van der Waals surface area contributed by atoms with Gasteiger partial charge in [0.15, 0.2) is 5.96 Å². The number of ether oxygens (including phenoxy) is 1. The highest BCUT2D eigenvalue weighted by Gasteiger charge is 2.07. The van der Waals surface area contributed by atoms with Crippen LogP contribution in [0.5, 0.6) is 5.75 Å². The number of aryl methyl sites for hydroxylation is 1. The number of nitrogens with zero attached hydrogens (tertiary/aromatic N) is 1. The molecular formula is C20H35N3O2. The maximum Gasteiger partial charge on any atom is 0.191 e. The summed E-state index contributed by atoms with van der Waals surface area (Å²) >= 11 is 0. The molecule has 5 nitrogen and oxygen atoms in total. The molecule has 1 aromatic carbocycles. The summed E-state index contributed by atoms with van der Waals surface area (Å²) in [5, 5.41) is 15.9. The number of aliphatic hydroxyl groups excluding tert-OH is 1. The average molecular weight is 350 g/mol. The molecule has 142 valence electrons. The lowest BCUT2D eigenvalue weighted by molar-refractivity contribution is 0.253. The van der Waals surface area contributed by atoms with Crippen molar-refractivity contribution in [1.82, 2.24) is 10.6 Å². The van der Waals surface area contributed by atoms with E-state index in [-0.39, 0.29) is 6.61 Å². The molecule has 25 heavy (non-hydrogen) atoms. The van der Waals surface area contributed by atoms with E-state index in [2.05, 4.69) is 41.6 Å². The molecule has 0 spiro atoms. The Labute approximate surface area is 152 Å². The molecule has 1 atom stereocenters. The van der Waals surface area contributed by atoms with Gasteiger partial charge in [-0.1, -0.05) is 25.5 Å². The first-order chi connectivity index (χ1) is 12.2. The number of hydrogen-bond donors (Lipinski definition) is 3. The quantitative estimate of drug-likeness (QED) is 0.308. The maximum absolute atomic E-state index is 9.16. The van der Waals surface area contributed by atoms with Crippen LogP contribution in [0.3, 0.4) is 0 Å². The predicted molar refractivity (Wildman–Crippen MR) is 105 cm³/mol. The van der Waals surface area contributed by atoms with Crippen LogP contribution in [-0.2, 0) is 6.42 Å². The molecule has 0 aliphatic carbocycles. The van der Waals surface area contributed by atoms with E-state index in [1.807, 2.05) is 12.1 Å². The van der Waals surface area contributed by atoms with Crippen LogP contribution >= 0.6 is 0 Å². The van der Waals surface area contributed by atoms with Crippen molar-refractivity contribution in [2.45, 2.75) is 46.0 Å². The second kappa shape index (κ2) is 13.5. The Hall–Kier alpha value is -1.75. The fourth-order valence-corrected chi connectivity index (χ4v) is 2.77. The zero-order valence-corrected chi connectivity index (χ0v) is 16.1. The van der Waals surface area contributed by atoms with Crippen molar-refractivity contribution in [3.63, 3.8) is 0 Å². The molecular weight excluding hydrogens is 314 g/mol. The molecule has 0 saturated carbocycles. The lowest BCUT2D eigenvalue weighted by Crippen LogP contribution is -2.38. The molecule has 0 aliphatic heterocycles. The van der Waals surface area contributed by atoms with Gasteiger partial charge in [-0.25, -0.2) is 0 Å². The lowest BCUT2D eigenvalue weighted by Gasteiger charge is -2.15. The second-order valence-corrected chi connectivity index (χ2v) is 6.27. The normalized spacial score (nSPS) is 12.7. The van der Waals surface area contributed by atoms with Crippen LogP contribution in [0, 0.1) is 5.92 Å². The Morgan fingerprint density at radius 2 is 1.92 bits per heavy atom. The molecule has 3 N–H and O–H groups in total. The monoisotopic (exact) mass is 349 g/mol. The zero-order valence-electron chi connectivity index (χ0n) is 16.1. The van der Waals surface area contributed by atoms with Gasteiger partial charge in [-0.2, -0.15) is 0 Å². The Morgan fingerprint density at radius 1 is 1.16 bits per heavy atom. The summed E-state index contributed by atoms with van der Waals surface area (Å²) in [6, 6.07) is 8.23. The van der Waals surface area contributed by atoms with Gasteiger partial charge >= 0.3 is 0 Å². The fourth-order valence-electron chi connectivity index (χ4n) is 2.77. The number of benzene rings is 1. The van der Waals surface area contributed by atoms with Crippen molar-refractivity contribution in [2.75, 3.05) is 33.4 Å². The summed E-state index contributed by atoms with van der Waals surface area (Å²) in [6.45, 7) is 7.00. The average Bonchev–Trinajstić information content (AvgIpc) is 2.63. The van der Waals surface area contributed by atoms with E-state index in [9.17, 15) is 0 Å². The molecule has 0 amide bonds. The van der Waals surface area contributed by atoms with Gasteiger partial charge in [0.25, 0.3) is 0 Å². The molecule has 0 radical (unpaired) electrons. The van der Waals surface area contributed by atoms with Crippen molar-refractivity contribution >= 4 is 5.96 Å². The minimum absolute atomic E-state index is 0.242. The van der Waals surface area contributed by atoms with Gasteiger partial charge in [0.1, 0.15) is 5.75 Å². The van der Waals surface area contributed by atoms with Crippen LogP contribution in [0.2, 0.25) is 0 Å². The largest absolute Gasteiger partial charge is 0.497 e. The first-order valence-corrected chi connectivity index (χ1v) is 9.49. The van der Waals surface area contributed by atoms with Gasteiger partial charge in [-0.05, 0) is 56.2 Å². The van der Waals surface area contributed by atoms with E-state index in [4.69, 9.17) is 9.84 Å². The first-order valence-electron chi connectivity index (χ1n) is 9.49. The van der Waals surface area contributed by atoms with E-state index >= 15 is 0 Å². The third-order valence-electron chi connectivity index (χ3n) is 4.18. The van der Waals surface area contributed by atoms with Crippen molar-refractivity contribution in [3.05, 3.63) is 29.8 Å². The third-order valence-corrected chi connectivity index (χ3v) is 4.18. The number of guanidine groups is 1. The predicted octanol–water partition coefficient (Wildman–Crippen LogP) is 2.98. The summed E-state index contributed by atoms with van der Waals surface area (Å²) in [4.78, 5) is 4.69. The number of aliphatic imine (C=N–C) groups is 1. The van der Waals surface area contributed by atoms with Gasteiger partial charge < -0.3 is 20.5 Å². The summed E-state index contributed by atoms with van der Waals surface area (Å²) in [7, 11) is 1.69. The van der Waals surface area contributed by atoms with Gasteiger partial charge in [-0.3, -0.25) is 4.99 Å². The van der Waals surface area contributed by atoms with Crippen molar-refractivity contribution in [2.24, 2.45) is 10.9 Å². The van der Waals surface area contributed by atoms with Crippen LogP contribution in [0.15, 0.2) is 29.3 Å². The van der Waals surface area contributed by atoms with Crippen molar-refractivity contribution in [3.8, 4) is 5.75 Å². The molecule has 0 aliphatic rings. The van der Waals surface area contributed by atoms with E-state index in [0.29, 0.717) is 5.92 Å². The molecule has 5 heteroatoms. The smallest absolute Gasteiger partial charge is 0.191 e. The lowest BCUT2D eigenvalue weighted by atomic mass is 10.0. The van der Waals surface area contributed by atoms with E-state index in [0.717, 1.165) is 63.4 Å². The van der Waals surface area contributed by atoms with Crippen molar-refractivity contribution in [1.29, 1.82) is 0 Å². The van der Waals surface area contributed by atoms with E-state index in [1.165, 1.54) is 5.56 Å². The van der Waals surface area contributed by atoms with E-state index in [1.54, 1.807) is 7.11 Å².